The Bertz CT molecular complexity index is 196. The number of rotatable bonds is 4. The molecule has 5 heteroatoms. The number of Topliss-reactive ketones (excluding diaryl/α,β-unsaturated/α-hetero) is 4. The molecule has 0 rings (SSSR count). The molecule has 4 nitrogen and oxygen atoms in total. The Labute approximate surface area is 100 Å². The Balaban J connectivity index is -0.000000180. The molecular weight excluding hydrogens is 248 g/mol. The minimum atomic E-state index is -0.312. The molecule has 0 atom stereocenters. The molecule has 0 aromatic rings. The van der Waals surface area contributed by atoms with Crippen molar-refractivity contribution < 1.29 is 36.2 Å². The maximum atomic E-state index is 9.99. The van der Waals surface area contributed by atoms with E-state index in [2.05, 4.69) is 13.8 Å². The summed E-state index contributed by atoms with van der Waals surface area (Å²) in [5.74, 6) is -0.875. The second-order valence-electron chi connectivity index (χ2n) is 2.83. The standard InChI is InChI=1S/2C5H7O2.Cu/c2*1-4(6)3-5(2)7;/h2*1,3H2,2H3;/q2*-1;+2. The second kappa shape index (κ2) is 11.0. The Morgan fingerprint density at radius 2 is 1.00 bits per heavy atom. The first-order valence-corrected chi connectivity index (χ1v) is 3.94. The van der Waals surface area contributed by atoms with Crippen LogP contribution in [0.15, 0.2) is 0 Å². The predicted octanol–water partition coefficient (Wildman–Crippen LogP) is 0.735. The molecule has 0 amide bonds. The van der Waals surface area contributed by atoms with Crippen LogP contribution >= 0.6 is 0 Å². The van der Waals surface area contributed by atoms with E-state index in [-0.39, 0.29) is 53.0 Å². The van der Waals surface area contributed by atoms with Crippen LogP contribution in [0.3, 0.4) is 0 Å². The minimum Gasteiger partial charge on any atom is -0.339 e. The van der Waals surface area contributed by atoms with E-state index in [9.17, 15) is 19.2 Å². The van der Waals surface area contributed by atoms with Crippen molar-refractivity contribution in [3.05, 3.63) is 13.8 Å². The number of carbonyl (C=O) groups excluding carboxylic acids is 4. The maximum Gasteiger partial charge on any atom is 2.00 e. The SMILES string of the molecule is [CH2-]C(=O)CC(C)=O.[CH2-]C(=O)CC(C)=O.[Cu+2]. The first kappa shape index (κ1) is 19.5. The zero-order valence-electron chi connectivity index (χ0n) is 8.76. The van der Waals surface area contributed by atoms with Crippen LogP contribution in [0.4, 0.5) is 0 Å². The van der Waals surface area contributed by atoms with Crippen LogP contribution in [0.5, 0.6) is 0 Å². The molecule has 0 saturated carbocycles. The van der Waals surface area contributed by atoms with Gasteiger partial charge in [0.1, 0.15) is 11.6 Å². The first-order chi connectivity index (χ1) is 6.25. The van der Waals surface area contributed by atoms with E-state index >= 15 is 0 Å². The van der Waals surface area contributed by atoms with Crippen molar-refractivity contribution in [2.45, 2.75) is 26.7 Å². The summed E-state index contributed by atoms with van der Waals surface area (Å²) in [6, 6.07) is 0. The molecule has 0 aliphatic carbocycles. The van der Waals surface area contributed by atoms with Crippen molar-refractivity contribution in [1.82, 2.24) is 0 Å². The fourth-order valence-corrected chi connectivity index (χ4v) is 0.555. The number of hydrogen-bond donors (Lipinski definition) is 0. The van der Waals surface area contributed by atoms with Crippen LogP contribution in [-0.2, 0) is 36.2 Å². The maximum absolute atomic E-state index is 9.99. The number of carbonyl (C=O) groups is 4. The molecule has 0 unspecified atom stereocenters. The van der Waals surface area contributed by atoms with Crippen LogP contribution in [0.2, 0.25) is 0 Å². The van der Waals surface area contributed by atoms with Gasteiger partial charge in [-0.25, -0.2) is 0 Å². The van der Waals surface area contributed by atoms with Gasteiger partial charge in [0.05, 0.1) is 0 Å². The normalized spacial score (nSPS) is 7.60. The largest absolute Gasteiger partial charge is 2.00 e. The van der Waals surface area contributed by atoms with Crippen LogP contribution in [-0.4, -0.2) is 23.1 Å². The van der Waals surface area contributed by atoms with Crippen molar-refractivity contribution in [1.29, 1.82) is 0 Å². The number of ketones is 4. The van der Waals surface area contributed by atoms with Gasteiger partial charge in [0, 0.05) is 24.4 Å². The van der Waals surface area contributed by atoms with Crippen molar-refractivity contribution in [2.75, 3.05) is 0 Å². The van der Waals surface area contributed by atoms with Gasteiger partial charge in [-0.15, -0.1) is 0 Å². The topological polar surface area (TPSA) is 68.3 Å². The molecule has 0 aliphatic heterocycles. The van der Waals surface area contributed by atoms with Gasteiger partial charge < -0.3 is 23.4 Å². The summed E-state index contributed by atoms with van der Waals surface area (Å²) in [7, 11) is 0. The summed E-state index contributed by atoms with van der Waals surface area (Å²) in [5, 5.41) is 0. The van der Waals surface area contributed by atoms with Crippen LogP contribution in [0.25, 0.3) is 0 Å². The zero-order chi connectivity index (χ0) is 11.7. The fraction of sp³-hybridized carbons (Fsp3) is 0.400. The third-order valence-corrected chi connectivity index (χ3v) is 0.892. The third kappa shape index (κ3) is 32.2. The van der Waals surface area contributed by atoms with Gasteiger partial charge in [-0.05, 0) is 13.8 Å². The molecule has 1 radical (unpaired) electrons. The molecular formula is C10H14CuO4. The van der Waals surface area contributed by atoms with Gasteiger partial charge >= 0.3 is 17.1 Å². The summed E-state index contributed by atoms with van der Waals surface area (Å²) in [5.41, 5.74) is 0. The van der Waals surface area contributed by atoms with Gasteiger partial charge in [0.25, 0.3) is 0 Å². The molecule has 0 bridgehead atoms. The van der Waals surface area contributed by atoms with Gasteiger partial charge in [-0.1, -0.05) is 0 Å². The fourth-order valence-electron chi connectivity index (χ4n) is 0.555. The van der Waals surface area contributed by atoms with E-state index in [0.717, 1.165) is 0 Å². The molecule has 89 valence electrons. The van der Waals surface area contributed by atoms with E-state index in [4.69, 9.17) is 0 Å². The second-order valence-corrected chi connectivity index (χ2v) is 2.83. The summed E-state index contributed by atoms with van der Waals surface area (Å²) >= 11 is 0. The van der Waals surface area contributed by atoms with Crippen LogP contribution in [0.1, 0.15) is 26.7 Å². The van der Waals surface area contributed by atoms with Crippen LogP contribution < -0.4 is 0 Å². The van der Waals surface area contributed by atoms with Crippen molar-refractivity contribution in [3.63, 3.8) is 0 Å². The predicted molar refractivity (Wildman–Crippen MR) is 51.3 cm³/mol. The van der Waals surface area contributed by atoms with E-state index < -0.39 is 0 Å². The van der Waals surface area contributed by atoms with Gasteiger partial charge in [-0.2, -0.15) is 0 Å². The molecule has 0 saturated heterocycles. The molecule has 0 aliphatic rings. The van der Waals surface area contributed by atoms with E-state index in [1.807, 2.05) is 0 Å². The third-order valence-electron chi connectivity index (χ3n) is 0.892. The smallest absolute Gasteiger partial charge is 0.339 e. The average molecular weight is 262 g/mol. The Hall–Kier alpha value is -1.06. The molecule has 15 heavy (non-hydrogen) atoms. The van der Waals surface area contributed by atoms with Crippen molar-refractivity contribution >= 4 is 23.1 Å². The van der Waals surface area contributed by atoms with Gasteiger partial charge in [-0.3, -0.25) is 9.59 Å². The minimum absolute atomic E-state index is 0. The average Bonchev–Trinajstić information content (AvgIpc) is 1.79. The Morgan fingerprint density at radius 3 is 1.00 bits per heavy atom. The van der Waals surface area contributed by atoms with Crippen molar-refractivity contribution in [2.24, 2.45) is 0 Å². The molecule has 0 aromatic carbocycles. The molecule has 0 fully saturated rings. The molecule has 0 spiro atoms. The first-order valence-electron chi connectivity index (χ1n) is 3.94. The molecule has 0 heterocycles. The van der Waals surface area contributed by atoms with E-state index in [1.54, 1.807) is 0 Å². The summed E-state index contributed by atoms with van der Waals surface area (Å²) < 4.78 is 0. The van der Waals surface area contributed by atoms with Gasteiger partial charge in [0.2, 0.25) is 0 Å². The van der Waals surface area contributed by atoms with E-state index in [1.165, 1.54) is 13.8 Å². The monoisotopic (exact) mass is 261 g/mol. The quantitative estimate of drug-likeness (QED) is 0.425. The molecule has 0 N–H and O–H groups in total. The zero-order valence-corrected chi connectivity index (χ0v) is 9.70. The summed E-state index contributed by atoms with van der Waals surface area (Å²) in [6.45, 7) is 8.77. The van der Waals surface area contributed by atoms with Crippen LogP contribution in [0, 0.1) is 13.8 Å². The molecule has 0 aromatic heterocycles. The summed E-state index contributed by atoms with van der Waals surface area (Å²) in [6.07, 6.45) is -0.0556. The number of hydrogen-bond acceptors (Lipinski definition) is 4. The summed E-state index contributed by atoms with van der Waals surface area (Å²) in [4.78, 5) is 39.8. The van der Waals surface area contributed by atoms with Crippen molar-refractivity contribution in [3.8, 4) is 0 Å². The Kier molecular flexibility index (Phi) is 14.3. The Morgan fingerprint density at radius 1 is 0.800 bits per heavy atom. The van der Waals surface area contributed by atoms with Gasteiger partial charge in [0.15, 0.2) is 0 Å². The van der Waals surface area contributed by atoms with E-state index in [0.29, 0.717) is 0 Å².